The second-order valence-electron chi connectivity index (χ2n) is 7.84. The smallest absolute Gasteiger partial charge is 0.147 e. The van der Waals surface area contributed by atoms with Gasteiger partial charge in [-0.3, -0.25) is 5.32 Å². The van der Waals surface area contributed by atoms with Gasteiger partial charge in [0.15, 0.2) is 0 Å². The number of benzene rings is 2. The van der Waals surface area contributed by atoms with Gasteiger partial charge in [0.05, 0.1) is 19.3 Å². The molecule has 1 fully saturated rings. The van der Waals surface area contributed by atoms with Crippen LogP contribution in [-0.2, 0) is 27.4 Å². The van der Waals surface area contributed by atoms with Gasteiger partial charge in [-0.1, -0.05) is 80.4 Å². The molecule has 2 aromatic carbocycles. The Bertz CT molecular complexity index is 694. The highest BCUT2D eigenvalue weighted by Gasteiger charge is 2.49. The summed E-state index contributed by atoms with van der Waals surface area (Å²) in [5, 5.41) is 3.44. The normalized spacial score (nSPS) is 24.1. The van der Waals surface area contributed by atoms with Gasteiger partial charge in [0.2, 0.25) is 0 Å². The molecule has 0 aromatic heterocycles. The van der Waals surface area contributed by atoms with E-state index in [2.05, 4.69) is 36.5 Å². The van der Waals surface area contributed by atoms with Crippen molar-refractivity contribution < 1.29 is 14.2 Å². The molecule has 0 heterocycles. The maximum atomic E-state index is 6.41. The zero-order valence-corrected chi connectivity index (χ0v) is 17.8. The third-order valence-electron chi connectivity index (χ3n) is 5.68. The summed E-state index contributed by atoms with van der Waals surface area (Å²) in [6, 6.07) is 20.7. The summed E-state index contributed by atoms with van der Waals surface area (Å²) in [7, 11) is 1.97. The largest absolute Gasteiger partial charge is 0.373 e. The molecule has 3 rings (SSSR count). The van der Waals surface area contributed by atoms with Gasteiger partial charge in [-0.05, 0) is 24.6 Å². The van der Waals surface area contributed by atoms with E-state index < -0.39 is 5.72 Å². The maximum absolute atomic E-state index is 6.41. The van der Waals surface area contributed by atoms with E-state index in [0.717, 1.165) is 25.9 Å². The van der Waals surface area contributed by atoms with Gasteiger partial charge in [-0.15, -0.1) is 0 Å². The molecule has 1 N–H and O–H groups in total. The van der Waals surface area contributed by atoms with E-state index in [0.29, 0.717) is 13.2 Å². The molecule has 0 spiro atoms. The number of hydrogen-bond acceptors (Lipinski definition) is 4. The lowest BCUT2D eigenvalue weighted by Gasteiger charge is -2.35. The van der Waals surface area contributed by atoms with E-state index in [1.54, 1.807) is 0 Å². The van der Waals surface area contributed by atoms with Gasteiger partial charge < -0.3 is 14.2 Å². The molecule has 0 saturated heterocycles. The molecular formula is C25H35NO3. The van der Waals surface area contributed by atoms with Crippen LogP contribution in [0.15, 0.2) is 60.7 Å². The van der Waals surface area contributed by atoms with Crippen LogP contribution >= 0.6 is 0 Å². The SMILES string of the molecule is CCCCCO[C@@]1(NC)C[C@@H](OCc2ccccc2)C[C@H]1OCc1ccccc1. The van der Waals surface area contributed by atoms with Gasteiger partial charge in [0.25, 0.3) is 0 Å². The average molecular weight is 398 g/mol. The van der Waals surface area contributed by atoms with Crippen LogP contribution in [0.5, 0.6) is 0 Å². The van der Waals surface area contributed by atoms with Crippen LogP contribution in [0.1, 0.15) is 50.2 Å². The molecule has 0 unspecified atom stereocenters. The molecule has 0 aliphatic heterocycles. The van der Waals surface area contributed by atoms with E-state index in [-0.39, 0.29) is 12.2 Å². The molecule has 1 saturated carbocycles. The molecule has 1 aliphatic carbocycles. The lowest BCUT2D eigenvalue weighted by Crippen LogP contribution is -2.53. The molecule has 3 atom stereocenters. The monoisotopic (exact) mass is 397 g/mol. The summed E-state index contributed by atoms with van der Waals surface area (Å²) >= 11 is 0. The van der Waals surface area contributed by atoms with Crippen LogP contribution in [0.3, 0.4) is 0 Å². The fourth-order valence-corrected chi connectivity index (χ4v) is 3.96. The van der Waals surface area contributed by atoms with Crippen molar-refractivity contribution in [1.29, 1.82) is 0 Å². The Kier molecular flexibility index (Phi) is 8.69. The average Bonchev–Trinajstić information content (AvgIpc) is 3.13. The molecule has 0 bridgehead atoms. The molecule has 4 heteroatoms. The van der Waals surface area contributed by atoms with E-state index in [1.165, 1.54) is 24.0 Å². The lowest BCUT2D eigenvalue weighted by molar-refractivity contribution is -0.151. The van der Waals surface area contributed by atoms with E-state index >= 15 is 0 Å². The van der Waals surface area contributed by atoms with Gasteiger partial charge in [0.1, 0.15) is 11.8 Å². The summed E-state index contributed by atoms with van der Waals surface area (Å²) in [6.07, 6.45) is 5.12. The van der Waals surface area contributed by atoms with Gasteiger partial charge in [0, 0.05) is 19.4 Å². The number of hydrogen-bond donors (Lipinski definition) is 1. The second kappa shape index (κ2) is 11.5. The Balaban J connectivity index is 1.63. The standard InChI is InChI=1S/C25H35NO3/c1-3-4-11-16-29-25(26-2)18-23(27-19-21-12-7-5-8-13-21)17-24(25)28-20-22-14-9-6-10-15-22/h5-10,12-15,23-24,26H,3-4,11,16-20H2,1-2H3/t23-,24+,25-/m0/s1. The Morgan fingerprint density at radius 2 is 1.52 bits per heavy atom. The van der Waals surface area contributed by atoms with E-state index in [9.17, 15) is 0 Å². The minimum absolute atomic E-state index is 0.0462. The van der Waals surface area contributed by atoms with Crippen molar-refractivity contribution in [2.75, 3.05) is 13.7 Å². The zero-order chi connectivity index (χ0) is 20.4. The maximum Gasteiger partial charge on any atom is 0.147 e. The van der Waals surface area contributed by atoms with Crippen LogP contribution < -0.4 is 5.32 Å². The topological polar surface area (TPSA) is 39.7 Å². The fourth-order valence-electron chi connectivity index (χ4n) is 3.96. The molecule has 29 heavy (non-hydrogen) atoms. The quantitative estimate of drug-likeness (QED) is 0.401. The number of rotatable bonds is 12. The Morgan fingerprint density at radius 3 is 2.10 bits per heavy atom. The minimum Gasteiger partial charge on any atom is -0.373 e. The third-order valence-corrected chi connectivity index (χ3v) is 5.68. The second-order valence-corrected chi connectivity index (χ2v) is 7.84. The van der Waals surface area contributed by atoms with Gasteiger partial charge in [-0.2, -0.15) is 0 Å². The first-order valence-corrected chi connectivity index (χ1v) is 10.9. The first kappa shape index (κ1) is 22.0. The summed E-state index contributed by atoms with van der Waals surface area (Å²) in [4.78, 5) is 0. The summed E-state index contributed by atoms with van der Waals surface area (Å²) in [5.41, 5.74) is 1.88. The van der Waals surface area contributed by atoms with Crippen molar-refractivity contribution >= 4 is 0 Å². The number of ether oxygens (including phenoxy) is 3. The van der Waals surface area contributed by atoms with Gasteiger partial charge >= 0.3 is 0 Å². The molecule has 2 aromatic rings. The minimum atomic E-state index is -0.496. The van der Waals surface area contributed by atoms with Crippen molar-refractivity contribution in [3.63, 3.8) is 0 Å². The van der Waals surface area contributed by atoms with Crippen molar-refractivity contribution in [3.05, 3.63) is 71.8 Å². The van der Waals surface area contributed by atoms with Crippen molar-refractivity contribution in [3.8, 4) is 0 Å². The predicted octanol–water partition coefficient (Wildman–Crippen LogP) is 5.07. The highest BCUT2D eigenvalue weighted by molar-refractivity contribution is 5.14. The Labute approximate surface area is 175 Å². The van der Waals surface area contributed by atoms with Crippen LogP contribution in [-0.4, -0.2) is 31.6 Å². The molecule has 0 amide bonds. The molecular weight excluding hydrogens is 362 g/mol. The van der Waals surface area contributed by atoms with Gasteiger partial charge in [-0.25, -0.2) is 0 Å². The highest BCUT2D eigenvalue weighted by Crippen LogP contribution is 2.36. The predicted molar refractivity (Wildman–Crippen MR) is 117 cm³/mol. The Hall–Kier alpha value is -1.72. The number of likely N-dealkylation sites (N-methyl/N-ethyl adjacent to an activating group) is 1. The van der Waals surface area contributed by atoms with Crippen molar-refractivity contribution in [2.45, 2.75) is 70.2 Å². The molecule has 1 aliphatic rings. The van der Waals surface area contributed by atoms with Crippen LogP contribution in [0.4, 0.5) is 0 Å². The number of nitrogens with one attached hydrogen (secondary N) is 1. The van der Waals surface area contributed by atoms with Crippen LogP contribution in [0.2, 0.25) is 0 Å². The summed E-state index contributed by atoms with van der Waals surface area (Å²) in [5.74, 6) is 0. The first-order valence-electron chi connectivity index (χ1n) is 10.9. The van der Waals surface area contributed by atoms with Crippen LogP contribution in [0.25, 0.3) is 0 Å². The number of unbranched alkanes of at least 4 members (excludes halogenated alkanes) is 2. The Morgan fingerprint density at radius 1 is 0.897 bits per heavy atom. The highest BCUT2D eigenvalue weighted by atomic mass is 16.6. The fraction of sp³-hybridized carbons (Fsp3) is 0.520. The summed E-state index contributed by atoms with van der Waals surface area (Å²) in [6.45, 7) is 4.15. The summed E-state index contributed by atoms with van der Waals surface area (Å²) < 4.78 is 19.0. The van der Waals surface area contributed by atoms with Crippen LogP contribution in [0, 0.1) is 0 Å². The zero-order valence-electron chi connectivity index (χ0n) is 17.8. The van der Waals surface area contributed by atoms with Crippen molar-refractivity contribution in [2.24, 2.45) is 0 Å². The molecule has 0 radical (unpaired) electrons. The van der Waals surface area contributed by atoms with E-state index in [1.807, 2.05) is 43.4 Å². The van der Waals surface area contributed by atoms with E-state index in [4.69, 9.17) is 14.2 Å². The molecule has 158 valence electrons. The third kappa shape index (κ3) is 6.38. The van der Waals surface area contributed by atoms with Crippen molar-refractivity contribution in [1.82, 2.24) is 5.32 Å². The lowest BCUT2D eigenvalue weighted by atomic mass is 10.1. The molecule has 4 nitrogen and oxygen atoms in total. The first-order chi connectivity index (χ1) is 14.3.